The van der Waals surface area contributed by atoms with Gasteiger partial charge in [0.1, 0.15) is 24.3 Å². The number of carbonyl (C=O) groups is 2. The maximum Gasteiger partial charge on any atom is 0.410 e. The van der Waals surface area contributed by atoms with Gasteiger partial charge in [0.05, 0.1) is 35.4 Å². The molecule has 8 nitrogen and oxygen atoms in total. The van der Waals surface area contributed by atoms with Gasteiger partial charge >= 0.3 is 6.09 Å². The molecule has 8 heteroatoms. The van der Waals surface area contributed by atoms with Crippen molar-refractivity contribution in [2.45, 2.75) is 52.3 Å². The van der Waals surface area contributed by atoms with E-state index in [1.54, 1.807) is 17.0 Å². The Hall–Kier alpha value is -3.68. The number of aromatic nitrogens is 2. The standard InChI is InChI=1S/C26H30N4O4/c1-25(2,3)34-24(32)30-13-14-33-21-17(15-30)9-8-11-19(21)23(31)29-26(4,5)22-18-10-6-7-12-20(18)27-16-28-22/h6-12,16H,13-15H2,1-5H3,(H,29,31). The van der Waals surface area contributed by atoms with E-state index in [1.807, 2.05) is 65.0 Å². The van der Waals surface area contributed by atoms with Gasteiger partial charge in [-0.25, -0.2) is 14.8 Å². The number of hydrogen-bond donors (Lipinski definition) is 1. The average molecular weight is 463 g/mol. The smallest absolute Gasteiger partial charge is 0.410 e. The molecule has 2 heterocycles. The Morgan fingerprint density at radius 1 is 1.03 bits per heavy atom. The first-order chi connectivity index (χ1) is 16.0. The SMILES string of the molecule is CC(C)(C)OC(=O)N1CCOc2c(cccc2C(=O)NC(C)(C)c2ncnc3ccccc23)C1. The second kappa shape index (κ2) is 8.93. The van der Waals surface area contributed by atoms with Gasteiger partial charge in [0.25, 0.3) is 5.91 Å². The van der Waals surface area contributed by atoms with Gasteiger partial charge in [-0.05, 0) is 46.8 Å². The van der Waals surface area contributed by atoms with E-state index in [0.29, 0.717) is 24.4 Å². The number of nitrogens with one attached hydrogen (secondary N) is 1. The highest BCUT2D eigenvalue weighted by Crippen LogP contribution is 2.30. The molecule has 0 fully saturated rings. The number of carbonyl (C=O) groups excluding carboxylic acids is 2. The number of ether oxygens (including phenoxy) is 2. The first kappa shape index (κ1) is 23.5. The molecule has 0 radical (unpaired) electrons. The van der Waals surface area contributed by atoms with Crippen LogP contribution in [0, 0.1) is 0 Å². The Morgan fingerprint density at radius 2 is 1.79 bits per heavy atom. The van der Waals surface area contributed by atoms with E-state index in [0.717, 1.165) is 22.2 Å². The van der Waals surface area contributed by atoms with Crippen molar-refractivity contribution < 1.29 is 19.1 Å². The van der Waals surface area contributed by atoms with Crippen molar-refractivity contribution in [3.05, 3.63) is 65.6 Å². The number of para-hydroxylation sites is 2. The molecule has 0 spiro atoms. The summed E-state index contributed by atoms with van der Waals surface area (Å²) in [5.74, 6) is 0.199. The summed E-state index contributed by atoms with van der Waals surface area (Å²) in [6, 6.07) is 13.1. The van der Waals surface area contributed by atoms with Crippen LogP contribution < -0.4 is 10.1 Å². The van der Waals surface area contributed by atoms with Crippen molar-refractivity contribution in [3.63, 3.8) is 0 Å². The average Bonchev–Trinajstić information content (AvgIpc) is 3.00. The quantitative estimate of drug-likeness (QED) is 0.619. The summed E-state index contributed by atoms with van der Waals surface area (Å²) in [5.41, 5.74) is 1.34. The topological polar surface area (TPSA) is 93.6 Å². The first-order valence-electron chi connectivity index (χ1n) is 11.3. The summed E-state index contributed by atoms with van der Waals surface area (Å²) in [4.78, 5) is 36.4. The molecule has 0 bridgehead atoms. The lowest BCUT2D eigenvalue weighted by molar-refractivity contribution is 0.0225. The molecule has 2 amide bonds. The maximum atomic E-state index is 13.4. The van der Waals surface area contributed by atoms with Gasteiger partial charge in [0.15, 0.2) is 0 Å². The summed E-state index contributed by atoms with van der Waals surface area (Å²) in [7, 11) is 0. The van der Waals surface area contributed by atoms with E-state index in [1.165, 1.54) is 6.33 Å². The van der Waals surface area contributed by atoms with Crippen LogP contribution in [0.25, 0.3) is 10.9 Å². The minimum absolute atomic E-state index is 0.260. The summed E-state index contributed by atoms with van der Waals surface area (Å²) in [5, 5.41) is 3.98. The second-order valence-electron chi connectivity index (χ2n) is 9.86. The molecule has 0 saturated carbocycles. The number of nitrogens with zero attached hydrogens (tertiary/aromatic N) is 3. The normalized spacial score (nSPS) is 14.1. The molecule has 0 aliphatic carbocycles. The van der Waals surface area contributed by atoms with E-state index >= 15 is 0 Å². The number of benzene rings is 2. The highest BCUT2D eigenvalue weighted by molar-refractivity contribution is 5.98. The summed E-state index contributed by atoms with van der Waals surface area (Å²) >= 11 is 0. The minimum Gasteiger partial charge on any atom is -0.491 e. The molecular weight excluding hydrogens is 432 g/mol. The third-order valence-corrected chi connectivity index (χ3v) is 5.52. The van der Waals surface area contributed by atoms with Crippen LogP contribution in [0.1, 0.15) is 56.2 Å². The minimum atomic E-state index is -0.768. The van der Waals surface area contributed by atoms with Crippen molar-refractivity contribution in [2.24, 2.45) is 0 Å². The van der Waals surface area contributed by atoms with Crippen molar-refractivity contribution >= 4 is 22.9 Å². The summed E-state index contributed by atoms with van der Waals surface area (Å²) in [6.45, 7) is 10.2. The van der Waals surface area contributed by atoms with E-state index in [-0.39, 0.29) is 12.5 Å². The molecule has 34 heavy (non-hydrogen) atoms. The Morgan fingerprint density at radius 3 is 2.56 bits per heavy atom. The van der Waals surface area contributed by atoms with Crippen LogP contribution in [0.5, 0.6) is 5.75 Å². The van der Waals surface area contributed by atoms with Gasteiger partial charge in [0, 0.05) is 10.9 Å². The Bertz CT molecular complexity index is 1230. The molecule has 1 aliphatic rings. The van der Waals surface area contributed by atoms with E-state index in [2.05, 4.69) is 15.3 Å². The third-order valence-electron chi connectivity index (χ3n) is 5.52. The lowest BCUT2D eigenvalue weighted by Gasteiger charge is -2.27. The molecule has 0 saturated heterocycles. The molecule has 0 atom stereocenters. The number of hydrogen-bond acceptors (Lipinski definition) is 6. The van der Waals surface area contributed by atoms with Crippen molar-refractivity contribution in [2.75, 3.05) is 13.2 Å². The zero-order valence-corrected chi connectivity index (χ0v) is 20.2. The largest absolute Gasteiger partial charge is 0.491 e. The van der Waals surface area contributed by atoms with Crippen LogP contribution in [0.2, 0.25) is 0 Å². The molecule has 1 aromatic heterocycles. The lowest BCUT2D eigenvalue weighted by Crippen LogP contribution is -2.42. The van der Waals surface area contributed by atoms with Crippen LogP contribution in [0.4, 0.5) is 4.79 Å². The molecular formula is C26H30N4O4. The Balaban J connectivity index is 1.59. The Labute approximate surface area is 199 Å². The van der Waals surface area contributed by atoms with Crippen molar-refractivity contribution in [1.29, 1.82) is 0 Å². The number of rotatable bonds is 3. The predicted octanol–water partition coefficient (Wildman–Crippen LogP) is 4.42. The van der Waals surface area contributed by atoms with Gasteiger partial charge in [-0.15, -0.1) is 0 Å². The molecule has 4 rings (SSSR count). The Kier molecular flexibility index (Phi) is 6.17. The van der Waals surface area contributed by atoms with E-state index < -0.39 is 17.2 Å². The van der Waals surface area contributed by atoms with Crippen LogP contribution in [-0.4, -0.2) is 45.6 Å². The molecule has 1 aliphatic heterocycles. The second-order valence-corrected chi connectivity index (χ2v) is 9.86. The molecule has 3 aromatic rings. The molecule has 178 valence electrons. The summed E-state index contributed by atoms with van der Waals surface area (Å²) in [6.07, 6.45) is 1.10. The van der Waals surface area contributed by atoms with Crippen molar-refractivity contribution in [1.82, 2.24) is 20.2 Å². The predicted molar refractivity (Wildman–Crippen MR) is 129 cm³/mol. The summed E-state index contributed by atoms with van der Waals surface area (Å²) < 4.78 is 11.5. The highest BCUT2D eigenvalue weighted by Gasteiger charge is 2.31. The third kappa shape index (κ3) is 4.95. The van der Waals surface area contributed by atoms with Crippen LogP contribution >= 0.6 is 0 Å². The highest BCUT2D eigenvalue weighted by atomic mass is 16.6. The fraction of sp³-hybridized carbons (Fsp3) is 0.385. The first-order valence-corrected chi connectivity index (χ1v) is 11.3. The van der Waals surface area contributed by atoms with Crippen LogP contribution in [-0.2, 0) is 16.8 Å². The molecule has 0 unspecified atom stereocenters. The zero-order valence-electron chi connectivity index (χ0n) is 20.2. The van der Waals surface area contributed by atoms with Gasteiger partial charge in [0.2, 0.25) is 0 Å². The van der Waals surface area contributed by atoms with Gasteiger partial charge in [-0.1, -0.05) is 30.3 Å². The van der Waals surface area contributed by atoms with Gasteiger partial charge in [-0.2, -0.15) is 0 Å². The fourth-order valence-electron chi connectivity index (χ4n) is 4.00. The lowest BCUT2D eigenvalue weighted by atomic mass is 9.95. The molecule has 2 aromatic carbocycles. The van der Waals surface area contributed by atoms with E-state index in [9.17, 15) is 9.59 Å². The monoisotopic (exact) mass is 462 g/mol. The number of fused-ring (bicyclic) bond motifs is 2. The van der Waals surface area contributed by atoms with Gasteiger partial charge in [-0.3, -0.25) is 4.79 Å². The number of amides is 2. The van der Waals surface area contributed by atoms with E-state index in [4.69, 9.17) is 9.47 Å². The zero-order chi connectivity index (χ0) is 24.5. The maximum absolute atomic E-state index is 13.4. The van der Waals surface area contributed by atoms with Crippen LogP contribution in [0.3, 0.4) is 0 Å². The van der Waals surface area contributed by atoms with Gasteiger partial charge < -0.3 is 19.7 Å². The van der Waals surface area contributed by atoms with Crippen molar-refractivity contribution in [3.8, 4) is 5.75 Å². The molecule has 1 N–H and O–H groups in total. The van der Waals surface area contributed by atoms with Crippen LogP contribution in [0.15, 0.2) is 48.8 Å². The fourth-order valence-corrected chi connectivity index (χ4v) is 4.00.